The van der Waals surface area contributed by atoms with E-state index in [2.05, 4.69) is 16.9 Å². The number of amides is 1. The van der Waals surface area contributed by atoms with Crippen LogP contribution in [-0.2, 0) is 4.79 Å². The molecule has 0 spiro atoms. The highest BCUT2D eigenvalue weighted by atomic mass is 19.4. The zero-order chi connectivity index (χ0) is 23.9. The molecule has 33 heavy (non-hydrogen) atoms. The quantitative estimate of drug-likeness (QED) is 0.533. The number of carbonyl (C=O) groups is 2. The summed E-state index contributed by atoms with van der Waals surface area (Å²) in [4.78, 5) is 35.4. The number of nitrogens with zero attached hydrogens (tertiary/aromatic N) is 5. The topological polar surface area (TPSA) is 72.5 Å². The third-order valence-corrected chi connectivity index (χ3v) is 6.80. The molecule has 10 heteroatoms. The lowest BCUT2D eigenvalue weighted by Crippen LogP contribution is -2.31. The largest absolute Gasteiger partial charge is 0.389 e. The molecular weight excluding hydrogens is 435 g/mol. The van der Waals surface area contributed by atoms with Crippen LogP contribution < -0.4 is 0 Å². The van der Waals surface area contributed by atoms with Gasteiger partial charge in [-0.25, -0.2) is 9.97 Å². The van der Waals surface area contributed by atoms with Crippen molar-refractivity contribution in [2.24, 2.45) is 11.8 Å². The second-order valence-electron chi connectivity index (χ2n) is 8.92. The predicted molar refractivity (Wildman–Crippen MR) is 117 cm³/mol. The minimum absolute atomic E-state index is 0.0112. The van der Waals surface area contributed by atoms with Crippen LogP contribution in [0.4, 0.5) is 13.2 Å². The lowest BCUT2D eigenvalue weighted by molar-refractivity contribution is -0.148. The van der Waals surface area contributed by atoms with Crippen LogP contribution in [0.15, 0.2) is 24.7 Å². The maximum absolute atomic E-state index is 12.9. The van der Waals surface area contributed by atoms with E-state index in [0.717, 1.165) is 17.6 Å². The Labute approximate surface area is 189 Å². The van der Waals surface area contributed by atoms with E-state index in [4.69, 9.17) is 0 Å². The minimum atomic E-state index is -4.27. The molecule has 1 aliphatic rings. The number of imidazole rings is 1. The average molecular weight is 464 g/mol. The normalized spacial score (nSPS) is 20.1. The number of hydrogen-bond donors (Lipinski definition) is 0. The first-order valence-corrected chi connectivity index (χ1v) is 11.3. The third-order valence-electron chi connectivity index (χ3n) is 6.80. The molecule has 0 aliphatic carbocycles. The number of carbonyl (C=O) groups excluding carboxylic acids is 2. The van der Waals surface area contributed by atoms with Gasteiger partial charge in [-0.15, -0.1) is 0 Å². The van der Waals surface area contributed by atoms with Crippen LogP contribution in [0.1, 0.15) is 62.9 Å². The SMILES string of the molecule is CCC(CC(=O)N1C[C@@H](CC)[C@@H](c2cnc3cnc4c(ccn4C(C)=O)n23)C1)CC(F)(F)F. The van der Waals surface area contributed by atoms with Crippen LogP contribution in [0, 0.1) is 11.8 Å². The fraction of sp³-hybridized carbons (Fsp3) is 0.565. The molecular formula is C23H28F3N5O2. The Kier molecular flexibility index (Phi) is 6.20. The smallest absolute Gasteiger partial charge is 0.342 e. The van der Waals surface area contributed by atoms with E-state index in [1.807, 2.05) is 10.5 Å². The number of rotatable bonds is 6. The molecule has 4 heterocycles. The number of alkyl halides is 3. The van der Waals surface area contributed by atoms with Crippen LogP contribution >= 0.6 is 0 Å². The van der Waals surface area contributed by atoms with Gasteiger partial charge in [-0.1, -0.05) is 26.7 Å². The van der Waals surface area contributed by atoms with Crippen LogP contribution in [0.5, 0.6) is 0 Å². The van der Waals surface area contributed by atoms with Gasteiger partial charge in [0.1, 0.15) is 0 Å². The van der Waals surface area contributed by atoms with E-state index < -0.39 is 18.5 Å². The summed E-state index contributed by atoms with van der Waals surface area (Å²) in [6, 6.07) is 1.82. The Morgan fingerprint density at radius 2 is 1.94 bits per heavy atom. The molecule has 7 nitrogen and oxygen atoms in total. The summed E-state index contributed by atoms with van der Waals surface area (Å²) >= 11 is 0. The van der Waals surface area contributed by atoms with Gasteiger partial charge in [-0.2, -0.15) is 13.2 Å². The van der Waals surface area contributed by atoms with Crippen molar-refractivity contribution in [3.63, 3.8) is 0 Å². The number of halogens is 3. The second kappa shape index (κ2) is 8.79. The summed E-state index contributed by atoms with van der Waals surface area (Å²) in [5.74, 6) is -0.926. The molecule has 178 valence electrons. The minimum Gasteiger partial charge on any atom is -0.342 e. The molecule has 1 amide bonds. The van der Waals surface area contributed by atoms with Gasteiger partial charge in [0.05, 0.1) is 11.7 Å². The predicted octanol–water partition coefficient (Wildman–Crippen LogP) is 4.66. The highest BCUT2D eigenvalue weighted by Crippen LogP contribution is 2.37. The fourth-order valence-electron chi connectivity index (χ4n) is 4.97. The Balaban J connectivity index is 1.62. The summed E-state index contributed by atoms with van der Waals surface area (Å²) < 4.78 is 42.0. The first-order chi connectivity index (χ1) is 15.6. The summed E-state index contributed by atoms with van der Waals surface area (Å²) in [5, 5.41) is 0. The van der Waals surface area contributed by atoms with Gasteiger partial charge in [0, 0.05) is 56.9 Å². The van der Waals surface area contributed by atoms with Gasteiger partial charge in [0.2, 0.25) is 11.8 Å². The first kappa shape index (κ1) is 23.3. The molecule has 0 N–H and O–H groups in total. The van der Waals surface area contributed by atoms with E-state index in [1.165, 1.54) is 11.5 Å². The molecule has 0 bridgehead atoms. The molecule has 1 saturated heterocycles. The van der Waals surface area contributed by atoms with Gasteiger partial charge in [-0.3, -0.25) is 18.6 Å². The molecule has 4 rings (SSSR count). The zero-order valence-electron chi connectivity index (χ0n) is 19.0. The lowest BCUT2D eigenvalue weighted by Gasteiger charge is -2.21. The molecule has 0 saturated carbocycles. The highest BCUT2D eigenvalue weighted by molar-refractivity contribution is 5.88. The summed E-state index contributed by atoms with van der Waals surface area (Å²) in [6.45, 7) is 6.16. The molecule has 1 aliphatic heterocycles. The van der Waals surface area contributed by atoms with Crippen molar-refractivity contribution in [1.82, 2.24) is 23.8 Å². The van der Waals surface area contributed by atoms with E-state index >= 15 is 0 Å². The summed E-state index contributed by atoms with van der Waals surface area (Å²) in [5.41, 5.74) is 2.86. The van der Waals surface area contributed by atoms with E-state index in [1.54, 1.807) is 30.4 Å². The number of fused-ring (bicyclic) bond motifs is 3. The Hall–Kier alpha value is -2.91. The van der Waals surface area contributed by atoms with Crippen LogP contribution in [0.3, 0.4) is 0 Å². The van der Waals surface area contributed by atoms with Crippen LogP contribution in [0.25, 0.3) is 16.8 Å². The molecule has 3 aromatic rings. The molecule has 1 fully saturated rings. The number of hydrogen-bond acceptors (Lipinski definition) is 4. The van der Waals surface area contributed by atoms with Gasteiger partial charge in [0.15, 0.2) is 11.3 Å². The Morgan fingerprint density at radius 3 is 2.58 bits per heavy atom. The van der Waals surface area contributed by atoms with Gasteiger partial charge in [-0.05, 0) is 17.9 Å². The van der Waals surface area contributed by atoms with Crippen molar-refractivity contribution >= 4 is 28.6 Å². The highest BCUT2D eigenvalue weighted by Gasteiger charge is 2.38. The van der Waals surface area contributed by atoms with E-state index in [0.29, 0.717) is 30.8 Å². The molecule has 3 atom stereocenters. The number of aromatic nitrogens is 4. The third kappa shape index (κ3) is 4.47. The van der Waals surface area contributed by atoms with Crippen LogP contribution in [0.2, 0.25) is 0 Å². The first-order valence-electron chi connectivity index (χ1n) is 11.3. The van der Waals surface area contributed by atoms with Gasteiger partial charge in [0.25, 0.3) is 0 Å². The zero-order valence-corrected chi connectivity index (χ0v) is 19.0. The maximum Gasteiger partial charge on any atom is 0.389 e. The Morgan fingerprint density at radius 1 is 1.18 bits per heavy atom. The molecule has 1 unspecified atom stereocenters. The maximum atomic E-state index is 12.9. The number of likely N-dealkylation sites (tertiary alicyclic amines) is 1. The standard InChI is InChI=1S/C23H28F3N5O2/c1-4-15(9-23(24,25)26)8-21(33)29-12-16(5-2)17(13-29)19-10-27-20-11-28-22-18(31(19)20)6-7-30(22)14(3)32/h6-7,10-11,15-17H,4-5,8-9,12-13H2,1-3H3/t15?,16-,17+/m1/s1. The summed E-state index contributed by atoms with van der Waals surface area (Å²) in [7, 11) is 0. The van der Waals surface area contributed by atoms with Crippen LogP contribution in [-0.4, -0.2) is 54.9 Å². The molecule has 0 aromatic carbocycles. The fourth-order valence-corrected chi connectivity index (χ4v) is 4.97. The Bertz CT molecular complexity index is 1180. The van der Waals surface area contributed by atoms with E-state index in [9.17, 15) is 22.8 Å². The van der Waals surface area contributed by atoms with Crippen molar-refractivity contribution < 1.29 is 22.8 Å². The monoisotopic (exact) mass is 463 g/mol. The van der Waals surface area contributed by atoms with Crippen molar-refractivity contribution in [3.05, 3.63) is 30.4 Å². The van der Waals surface area contributed by atoms with Crippen molar-refractivity contribution in [1.29, 1.82) is 0 Å². The van der Waals surface area contributed by atoms with Gasteiger partial charge < -0.3 is 4.90 Å². The van der Waals surface area contributed by atoms with Crippen molar-refractivity contribution in [3.8, 4) is 0 Å². The average Bonchev–Trinajstić information content (AvgIpc) is 3.46. The molecule has 3 aromatic heterocycles. The van der Waals surface area contributed by atoms with E-state index in [-0.39, 0.29) is 30.1 Å². The second-order valence-corrected chi connectivity index (χ2v) is 8.92. The lowest BCUT2D eigenvalue weighted by atomic mass is 9.91. The molecule has 0 radical (unpaired) electrons. The summed E-state index contributed by atoms with van der Waals surface area (Å²) in [6.07, 6.45) is 0.907. The van der Waals surface area contributed by atoms with Crippen molar-refractivity contribution in [2.45, 2.75) is 58.5 Å². The van der Waals surface area contributed by atoms with Crippen molar-refractivity contribution in [2.75, 3.05) is 13.1 Å². The van der Waals surface area contributed by atoms with Gasteiger partial charge >= 0.3 is 6.18 Å².